The first-order valence-electron chi connectivity index (χ1n) is 3.62. The van der Waals surface area contributed by atoms with Gasteiger partial charge in [-0.25, -0.2) is 0 Å². The Bertz CT molecular complexity index is 338. The number of thiocarbonyl (C=S) groups is 1. The average Bonchev–Trinajstić information content (AvgIpc) is 2.03. The van der Waals surface area contributed by atoms with Crippen LogP contribution in [-0.4, -0.2) is 10.2 Å². The standard InChI is InChI=1S/C8H8N2OS/c11-6-2-1-5-4-9-8(12)10-7(5)3-6/h1-3,11H,4H2,(H2,9,10,12). The molecule has 0 radical (unpaired) electrons. The van der Waals surface area contributed by atoms with Crippen LogP contribution in [0, 0.1) is 0 Å². The zero-order valence-corrected chi connectivity index (χ0v) is 7.11. The minimum Gasteiger partial charge on any atom is -0.508 e. The van der Waals surface area contributed by atoms with Crippen LogP contribution in [0.4, 0.5) is 5.69 Å². The van der Waals surface area contributed by atoms with Crippen LogP contribution in [0.2, 0.25) is 0 Å². The summed E-state index contributed by atoms with van der Waals surface area (Å²) in [6, 6.07) is 5.20. The molecular weight excluding hydrogens is 172 g/mol. The van der Waals surface area contributed by atoms with Gasteiger partial charge in [0.15, 0.2) is 5.11 Å². The van der Waals surface area contributed by atoms with Crippen LogP contribution in [0.1, 0.15) is 5.56 Å². The van der Waals surface area contributed by atoms with Gasteiger partial charge in [-0.3, -0.25) is 0 Å². The van der Waals surface area contributed by atoms with E-state index in [2.05, 4.69) is 10.6 Å². The minimum atomic E-state index is 0.256. The van der Waals surface area contributed by atoms with Gasteiger partial charge in [-0.2, -0.15) is 0 Å². The van der Waals surface area contributed by atoms with Gasteiger partial charge in [0.05, 0.1) is 0 Å². The highest BCUT2D eigenvalue weighted by molar-refractivity contribution is 7.80. The predicted molar refractivity (Wildman–Crippen MR) is 51.2 cm³/mol. The third-order valence-electron chi connectivity index (χ3n) is 1.78. The van der Waals surface area contributed by atoms with E-state index in [4.69, 9.17) is 12.2 Å². The van der Waals surface area contributed by atoms with E-state index in [0.29, 0.717) is 5.11 Å². The van der Waals surface area contributed by atoms with Gasteiger partial charge >= 0.3 is 0 Å². The molecule has 0 unspecified atom stereocenters. The molecule has 1 heterocycles. The fourth-order valence-corrected chi connectivity index (χ4v) is 1.36. The highest BCUT2D eigenvalue weighted by atomic mass is 32.1. The molecule has 0 saturated heterocycles. The third kappa shape index (κ3) is 1.21. The number of anilines is 1. The molecule has 0 aliphatic carbocycles. The summed E-state index contributed by atoms with van der Waals surface area (Å²) >= 11 is 4.92. The van der Waals surface area contributed by atoms with Gasteiger partial charge in [-0.05, 0) is 23.8 Å². The highest BCUT2D eigenvalue weighted by Gasteiger charge is 2.10. The third-order valence-corrected chi connectivity index (χ3v) is 2.03. The van der Waals surface area contributed by atoms with E-state index < -0.39 is 0 Å². The summed E-state index contributed by atoms with van der Waals surface area (Å²) in [5.41, 5.74) is 2.00. The fraction of sp³-hybridized carbons (Fsp3) is 0.125. The molecule has 0 aromatic heterocycles. The van der Waals surface area contributed by atoms with E-state index in [1.165, 1.54) is 0 Å². The summed E-state index contributed by atoms with van der Waals surface area (Å²) in [6.45, 7) is 0.724. The van der Waals surface area contributed by atoms with Crippen molar-refractivity contribution >= 4 is 23.0 Å². The van der Waals surface area contributed by atoms with E-state index in [1.54, 1.807) is 12.1 Å². The molecule has 12 heavy (non-hydrogen) atoms. The molecule has 0 spiro atoms. The molecular formula is C8H8N2OS. The molecule has 3 N–H and O–H groups in total. The maximum absolute atomic E-state index is 9.17. The topological polar surface area (TPSA) is 44.3 Å². The molecule has 1 aromatic carbocycles. The molecule has 1 aliphatic rings. The van der Waals surface area contributed by atoms with E-state index >= 15 is 0 Å². The predicted octanol–water partition coefficient (Wildman–Crippen LogP) is 1.19. The van der Waals surface area contributed by atoms with Crippen molar-refractivity contribution in [3.05, 3.63) is 23.8 Å². The number of hydrogen-bond donors (Lipinski definition) is 3. The lowest BCUT2D eigenvalue weighted by atomic mass is 10.1. The minimum absolute atomic E-state index is 0.256. The van der Waals surface area contributed by atoms with E-state index in [0.717, 1.165) is 17.8 Å². The van der Waals surface area contributed by atoms with Crippen LogP contribution in [0.15, 0.2) is 18.2 Å². The zero-order valence-electron chi connectivity index (χ0n) is 6.29. The normalized spacial score (nSPS) is 14.5. The molecule has 3 nitrogen and oxygen atoms in total. The molecule has 0 bridgehead atoms. The summed E-state index contributed by atoms with van der Waals surface area (Å²) < 4.78 is 0. The van der Waals surface area contributed by atoms with Crippen LogP contribution in [0.3, 0.4) is 0 Å². The van der Waals surface area contributed by atoms with Crippen molar-refractivity contribution in [2.24, 2.45) is 0 Å². The summed E-state index contributed by atoms with van der Waals surface area (Å²) in [6.07, 6.45) is 0. The quantitative estimate of drug-likeness (QED) is 0.525. The summed E-state index contributed by atoms with van der Waals surface area (Å²) in [4.78, 5) is 0. The fourth-order valence-electron chi connectivity index (χ4n) is 1.18. The van der Waals surface area contributed by atoms with Gasteiger partial charge in [-0.15, -0.1) is 0 Å². The number of benzene rings is 1. The second kappa shape index (κ2) is 2.64. The summed E-state index contributed by atoms with van der Waals surface area (Å²) in [7, 11) is 0. The molecule has 62 valence electrons. The van der Waals surface area contributed by atoms with Crippen molar-refractivity contribution in [3.63, 3.8) is 0 Å². The Hall–Kier alpha value is -1.29. The van der Waals surface area contributed by atoms with Crippen LogP contribution >= 0.6 is 12.2 Å². The highest BCUT2D eigenvalue weighted by Crippen LogP contribution is 2.23. The maximum atomic E-state index is 9.17. The first kappa shape index (κ1) is 7.36. The first-order valence-corrected chi connectivity index (χ1v) is 4.03. The van der Waals surface area contributed by atoms with Crippen LogP contribution in [0.25, 0.3) is 0 Å². The lowest BCUT2D eigenvalue weighted by Gasteiger charge is -2.20. The SMILES string of the molecule is Oc1ccc2c(c1)NC(=S)NC2. The number of phenols is 1. The van der Waals surface area contributed by atoms with E-state index in [1.807, 2.05) is 6.07 Å². The van der Waals surface area contributed by atoms with E-state index in [-0.39, 0.29) is 5.75 Å². The van der Waals surface area contributed by atoms with Crippen LogP contribution in [0.5, 0.6) is 5.75 Å². The van der Waals surface area contributed by atoms with Gasteiger partial charge < -0.3 is 15.7 Å². The van der Waals surface area contributed by atoms with Crippen molar-refractivity contribution < 1.29 is 5.11 Å². The molecule has 0 fully saturated rings. The van der Waals surface area contributed by atoms with Gasteiger partial charge in [0.1, 0.15) is 5.75 Å². The van der Waals surface area contributed by atoms with Crippen molar-refractivity contribution in [3.8, 4) is 5.75 Å². The zero-order chi connectivity index (χ0) is 8.55. The second-order valence-corrected chi connectivity index (χ2v) is 3.06. The van der Waals surface area contributed by atoms with Gasteiger partial charge in [0.2, 0.25) is 0 Å². The van der Waals surface area contributed by atoms with E-state index in [9.17, 15) is 5.11 Å². The van der Waals surface area contributed by atoms with Crippen LogP contribution in [-0.2, 0) is 6.54 Å². The largest absolute Gasteiger partial charge is 0.508 e. The Balaban J connectivity index is 2.44. The maximum Gasteiger partial charge on any atom is 0.171 e. The van der Waals surface area contributed by atoms with Gasteiger partial charge in [0.25, 0.3) is 0 Å². The smallest absolute Gasteiger partial charge is 0.171 e. The number of nitrogens with one attached hydrogen (secondary N) is 2. The van der Waals surface area contributed by atoms with Crippen LogP contribution < -0.4 is 10.6 Å². The van der Waals surface area contributed by atoms with Crippen molar-refractivity contribution in [2.75, 3.05) is 5.32 Å². The van der Waals surface area contributed by atoms with Gasteiger partial charge in [0, 0.05) is 18.3 Å². The average molecular weight is 180 g/mol. The van der Waals surface area contributed by atoms with Crippen molar-refractivity contribution in [1.82, 2.24) is 5.32 Å². The Labute approximate surface area is 75.4 Å². The molecule has 1 aliphatic heterocycles. The first-order chi connectivity index (χ1) is 5.75. The molecule has 1 aromatic rings. The monoisotopic (exact) mass is 180 g/mol. The summed E-state index contributed by atoms with van der Waals surface area (Å²) in [5.74, 6) is 0.256. The molecule has 0 saturated carbocycles. The number of rotatable bonds is 0. The number of aromatic hydroxyl groups is 1. The van der Waals surface area contributed by atoms with Gasteiger partial charge in [-0.1, -0.05) is 6.07 Å². The Morgan fingerprint density at radius 2 is 2.25 bits per heavy atom. The molecule has 0 atom stereocenters. The van der Waals surface area contributed by atoms with Crippen molar-refractivity contribution in [1.29, 1.82) is 0 Å². The molecule has 4 heteroatoms. The second-order valence-electron chi connectivity index (χ2n) is 2.65. The number of phenolic OH excluding ortho intramolecular Hbond substituents is 1. The Kier molecular flexibility index (Phi) is 1.62. The lowest BCUT2D eigenvalue weighted by Crippen LogP contribution is -2.32. The Morgan fingerprint density at radius 1 is 1.42 bits per heavy atom. The molecule has 0 amide bonds. The number of hydrogen-bond acceptors (Lipinski definition) is 2. The lowest BCUT2D eigenvalue weighted by molar-refractivity contribution is 0.475. The van der Waals surface area contributed by atoms with Crippen molar-refractivity contribution in [2.45, 2.75) is 6.54 Å². The summed E-state index contributed by atoms with van der Waals surface area (Å²) in [5, 5.41) is 15.7. The number of fused-ring (bicyclic) bond motifs is 1. The molecule has 2 rings (SSSR count). The Morgan fingerprint density at radius 3 is 3.08 bits per heavy atom.